The average Bonchev–Trinajstić information content (AvgIpc) is 3.06. The Balaban J connectivity index is 1.91. The van der Waals surface area contributed by atoms with Gasteiger partial charge in [0.05, 0.1) is 20.0 Å². The number of methoxy groups -OCH3 is 1. The first-order valence-electron chi connectivity index (χ1n) is 7.61. The highest BCUT2D eigenvalue weighted by Gasteiger charge is 2.24. The van der Waals surface area contributed by atoms with Gasteiger partial charge in [-0.1, -0.05) is 6.07 Å². The second-order valence-electron chi connectivity index (χ2n) is 5.34. The number of aliphatic hydroxyl groups excluding tert-OH is 1. The monoisotopic (exact) mass is 327 g/mol. The number of benzene rings is 1. The Bertz CT molecular complexity index is 750. The van der Waals surface area contributed by atoms with Crippen molar-refractivity contribution in [2.75, 3.05) is 20.3 Å². The molecule has 2 heterocycles. The molecule has 0 aliphatic carbocycles. The zero-order valence-corrected chi connectivity index (χ0v) is 13.3. The van der Waals surface area contributed by atoms with Crippen LogP contribution in [0.4, 0.5) is 0 Å². The predicted octanol–water partition coefficient (Wildman–Crippen LogP) is 1.98. The van der Waals surface area contributed by atoms with E-state index < -0.39 is 7.12 Å². The van der Waals surface area contributed by atoms with Crippen molar-refractivity contribution in [1.82, 2.24) is 4.98 Å². The Morgan fingerprint density at radius 1 is 1.17 bits per heavy atom. The lowest BCUT2D eigenvalue weighted by molar-refractivity contribution is 0.196. The van der Waals surface area contributed by atoms with Gasteiger partial charge in [-0.05, 0) is 34.9 Å². The number of aliphatic hydroxyl groups is 1. The third-order valence-electron chi connectivity index (χ3n) is 3.72. The van der Waals surface area contributed by atoms with Crippen LogP contribution < -0.4 is 9.47 Å². The van der Waals surface area contributed by atoms with E-state index in [1.165, 1.54) is 0 Å². The first-order valence-corrected chi connectivity index (χ1v) is 7.61. The molecule has 7 heteroatoms. The summed E-state index contributed by atoms with van der Waals surface area (Å²) in [6.45, 7) is 0.126. The average molecular weight is 327 g/mol. The summed E-state index contributed by atoms with van der Waals surface area (Å²) in [6, 6.07) is 7.57. The molecule has 3 rings (SSSR count). The molecule has 0 bridgehead atoms. The van der Waals surface area contributed by atoms with E-state index >= 15 is 0 Å². The highest BCUT2D eigenvalue weighted by Crippen LogP contribution is 2.34. The van der Waals surface area contributed by atoms with Gasteiger partial charge in [0.1, 0.15) is 6.61 Å². The minimum Gasteiger partial charge on any atom is -0.542 e. The summed E-state index contributed by atoms with van der Waals surface area (Å²) in [5.74, 6) is 1.17. The Morgan fingerprint density at radius 2 is 2.00 bits per heavy atom. The number of rotatable bonds is 6. The molecule has 2 aromatic rings. The molecule has 124 valence electrons. The summed E-state index contributed by atoms with van der Waals surface area (Å²) in [6.07, 6.45) is 5.51. The Labute approximate surface area is 140 Å². The van der Waals surface area contributed by atoms with Crippen LogP contribution in [0.5, 0.6) is 11.5 Å². The molecule has 0 saturated carbocycles. The second-order valence-corrected chi connectivity index (χ2v) is 5.34. The highest BCUT2D eigenvalue weighted by atomic mass is 16.5. The van der Waals surface area contributed by atoms with E-state index in [0.29, 0.717) is 17.8 Å². The molecule has 0 fully saturated rings. The predicted molar refractivity (Wildman–Crippen MR) is 90.6 cm³/mol. The maximum absolute atomic E-state index is 9.48. The number of ether oxygens (including phenoxy) is 2. The number of hydrogen-bond acceptors (Lipinski definition) is 6. The van der Waals surface area contributed by atoms with Gasteiger partial charge in [-0.3, -0.25) is 4.98 Å². The summed E-state index contributed by atoms with van der Waals surface area (Å²) < 4.78 is 15.9. The molecule has 1 aromatic carbocycles. The summed E-state index contributed by atoms with van der Waals surface area (Å²) in [4.78, 5) is 4.27. The summed E-state index contributed by atoms with van der Waals surface area (Å²) >= 11 is 0. The molecule has 0 unspecified atom stereocenters. The van der Waals surface area contributed by atoms with Crippen molar-refractivity contribution in [3.8, 4) is 22.6 Å². The zero-order chi connectivity index (χ0) is 16.9. The van der Waals surface area contributed by atoms with E-state index in [1.807, 2.05) is 24.3 Å². The lowest BCUT2D eigenvalue weighted by Gasteiger charge is -2.12. The van der Waals surface area contributed by atoms with Gasteiger partial charge in [0.2, 0.25) is 0 Å². The van der Waals surface area contributed by atoms with Crippen LogP contribution in [0.15, 0.2) is 42.9 Å². The smallest absolute Gasteiger partial charge is 0.526 e. The van der Waals surface area contributed by atoms with Gasteiger partial charge >= 0.3 is 7.12 Å². The molecule has 0 atom stereocenters. The van der Waals surface area contributed by atoms with Crippen molar-refractivity contribution in [1.29, 1.82) is 0 Å². The molecule has 0 spiro atoms. The molecule has 2 N–H and O–H groups in total. The number of aromatic nitrogens is 1. The van der Waals surface area contributed by atoms with E-state index in [4.69, 9.17) is 19.2 Å². The van der Waals surface area contributed by atoms with Crippen molar-refractivity contribution in [3.63, 3.8) is 0 Å². The van der Waals surface area contributed by atoms with Crippen LogP contribution in [0.3, 0.4) is 0 Å². The molecule has 6 nitrogen and oxygen atoms in total. The van der Waals surface area contributed by atoms with Crippen molar-refractivity contribution in [3.05, 3.63) is 48.5 Å². The molecule has 1 aliphatic rings. The molecule has 1 aliphatic heterocycles. The third-order valence-corrected chi connectivity index (χ3v) is 3.72. The summed E-state index contributed by atoms with van der Waals surface area (Å²) in [7, 11) is 0.782. The fourth-order valence-electron chi connectivity index (χ4n) is 2.53. The molecular formula is C17H18BNO5. The summed E-state index contributed by atoms with van der Waals surface area (Å²) in [5.41, 5.74) is 3.63. The van der Waals surface area contributed by atoms with Gasteiger partial charge in [-0.15, -0.1) is 0 Å². The summed E-state index contributed by atoms with van der Waals surface area (Å²) in [5, 5.41) is 18.4. The van der Waals surface area contributed by atoms with Crippen molar-refractivity contribution < 1.29 is 24.3 Å². The van der Waals surface area contributed by atoms with E-state index in [0.717, 1.165) is 22.3 Å². The van der Waals surface area contributed by atoms with Gasteiger partial charge in [-0.25, -0.2) is 0 Å². The van der Waals surface area contributed by atoms with Crippen LogP contribution in [0.2, 0.25) is 6.32 Å². The minimum atomic E-state index is -0.789. The first kappa shape index (κ1) is 16.4. The third kappa shape index (κ3) is 3.52. The molecule has 0 radical (unpaired) electrons. The van der Waals surface area contributed by atoms with Crippen molar-refractivity contribution in [2.24, 2.45) is 0 Å². The fourth-order valence-corrected chi connectivity index (χ4v) is 2.53. The molecule has 0 saturated heterocycles. The Kier molecular flexibility index (Phi) is 5.03. The topological polar surface area (TPSA) is 81.0 Å². The highest BCUT2D eigenvalue weighted by molar-refractivity contribution is 6.47. The first-order chi connectivity index (χ1) is 11.7. The van der Waals surface area contributed by atoms with Gasteiger partial charge in [-0.2, -0.15) is 0 Å². The van der Waals surface area contributed by atoms with E-state index in [-0.39, 0.29) is 13.2 Å². The fraction of sp³-hybridized carbons (Fsp3) is 0.235. The van der Waals surface area contributed by atoms with Crippen LogP contribution in [0, 0.1) is 0 Å². The van der Waals surface area contributed by atoms with E-state index in [2.05, 4.69) is 4.98 Å². The number of nitrogens with zero attached hydrogens (tertiary/aromatic N) is 1. The van der Waals surface area contributed by atoms with E-state index in [9.17, 15) is 5.02 Å². The van der Waals surface area contributed by atoms with Crippen LogP contribution in [-0.2, 0) is 4.65 Å². The van der Waals surface area contributed by atoms with Gasteiger partial charge < -0.3 is 24.3 Å². The van der Waals surface area contributed by atoms with Crippen LogP contribution in [-0.4, -0.2) is 42.6 Å². The molecule has 0 amide bonds. The van der Waals surface area contributed by atoms with Gasteiger partial charge in [0, 0.05) is 24.3 Å². The standard InChI is InChI=1S/C17H18BNO5/c1-22-16-3-2-12(7-17(16)23-5-4-20)13-6-14(10-19-9-13)15-8-18(21)24-11-15/h2-3,6-7,9-11,20-21H,4-5,8H2,1H3. The maximum atomic E-state index is 9.48. The zero-order valence-electron chi connectivity index (χ0n) is 13.3. The van der Waals surface area contributed by atoms with Crippen molar-refractivity contribution in [2.45, 2.75) is 6.32 Å². The van der Waals surface area contributed by atoms with E-state index in [1.54, 1.807) is 25.8 Å². The van der Waals surface area contributed by atoms with Crippen LogP contribution in [0.25, 0.3) is 16.7 Å². The maximum Gasteiger partial charge on any atom is 0.526 e. The lowest BCUT2D eigenvalue weighted by Crippen LogP contribution is -2.08. The normalized spacial score (nSPS) is 13.5. The van der Waals surface area contributed by atoms with Crippen LogP contribution >= 0.6 is 0 Å². The quantitative estimate of drug-likeness (QED) is 0.790. The second kappa shape index (κ2) is 7.38. The molecule has 24 heavy (non-hydrogen) atoms. The van der Waals surface area contributed by atoms with Crippen molar-refractivity contribution >= 4 is 12.7 Å². The van der Waals surface area contributed by atoms with Gasteiger partial charge in [0.25, 0.3) is 0 Å². The lowest BCUT2D eigenvalue weighted by atomic mass is 9.82. The number of allylic oxidation sites excluding steroid dienone is 1. The minimum absolute atomic E-state index is 0.0685. The largest absolute Gasteiger partial charge is 0.542 e. The number of pyridine rings is 1. The number of hydrogen-bond donors (Lipinski definition) is 2. The Hall–Kier alpha value is -2.51. The van der Waals surface area contributed by atoms with Gasteiger partial charge in [0.15, 0.2) is 11.5 Å². The molecule has 1 aromatic heterocycles. The Morgan fingerprint density at radius 3 is 2.71 bits per heavy atom. The van der Waals surface area contributed by atoms with Crippen LogP contribution in [0.1, 0.15) is 5.56 Å². The SMILES string of the molecule is COc1ccc(-c2cncc(C3=COB(O)C3)c2)cc1OCCO. The molecular weight excluding hydrogens is 309 g/mol.